The predicted molar refractivity (Wildman–Crippen MR) is 50.9 cm³/mol. The van der Waals surface area contributed by atoms with Gasteiger partial charge in [0.25, 0.3) is 0 Å². The standard InChI is InChI=1S/C11H12O4/c1-15-11(14)7-4-2-3-6-8(12)5-9(13)10(6)7/h2,4,6-7,10H,3,5H2,1H3. The average Bonchev–Trinajstić information content (AvgIpc) is 2.54. The van der Waals surface area contributed by atoms with E-state index in [1.165, 1.54) is 7.11 Å². The lowest BCUT2D eigenvalue weighted by Gasteiger charge is -2.25. The minimum atomic E-state index is -0.562. The number of ketones is 2. The van der Waals surface area contributed by atoms with Gasteiger partial charge in [0.15, 0.2) is 0 Å². The quantitative estimate of drug-likeness (QED) is 0.358. The molecule has 0 aromatic carbocycles. The number of carbonyl (C=O) groups excluding carboxylic acids is 3. The third kappa shape index (κ3) is 1.50. The molecule has 1 saturated carbocycles. The van der Waals surface area contributed by atoms with Crippen molar-refractivity contribution in [2.45, 2.75) is 12.8 Å². The first-order chi connectivity index (χ1) is 7.15. The molecule has 4 nitrogen and oxygen atoms in total. The van der Waals surface area contributed by atoms with E-state index in [0.29, 0.717) is 6.42 Å². The zero-order valence-corrected chi connectivity index (χ0v) is 8.43. The fourth-order valence-electron chi connectivity index (χ4n) is 2.43. The van der Waals surface area contributed by atoms with Gasteiger partial charge in [-0.3, -0.25) is 14.4 Å². The molecular weight excluding hydrogens is 196 g/mol. The van der Waals surface area contributed by atoms with Crippen LogP contribution in [0.2, 0.25) is 0 Å². The molecule has 0 amide bonds. The van der Waals surface area contributed by atoms with E-state index in [1.807, 2.05) is 0 Å². The van der Waals surface area contributed by atoms with Crippen LogP contribution < -0.4 is 0 Å². The van der Waals surface area contributed by atoms with Gasteiger partial charge in [-0.2, -0.15) is 0 Å². The molecule has 0 heterocycles. The smallest absolute Gasteiger partial charge is 0.313 e. The second-order valence-corrected chi connectivity index (χ2v) is 3.95. The van der Waals surface area contributed by atoms with Crippen molar-refractivity contribution in [3.63, 3.8) is 0 Å². The zero-order valence-electron chi connectivity index (χ0n) is 8.43. The number of hydrogen-bond donors (Lipinski definition) is 0. The molecule has 0 aliphatic heterocycles. The van der Waals surface area contributed by atoms with Gasteiger partial charge >= 0.3 is 5.97 Å². The molecule has 0 aromatic rings. The molecule has 15 heavy (non-hydrogen) atoms. The van der Waals surface area contributed by atoms with Gasteiger partial charge in [-0.1, -0.05) is 12.2 Å². The summed E-state index contributed by atoms with van der Waals surface area (Å²) in [5.74, 6) is -1.92. The maximum atomic E-state index is 11.6. The Bertz CT molecular complexity index is 356. The maximum Gasteiger partial charge on any atom is 0.313 e. The van der Waals surface area contributed by atoms with Gasteiger partial charge < -0.3 is 4.74 Å². The van der Waals surface area contributed by atoms with E-state index >= 15 is 0 Å². The van der Waals surface area contributed by atoms with Crippen molar-refractivity contribution in [3.8, 4) is 0 Å². The Morgan fingerprint density at radius 3 is 2.80 bits per heavy atom. The van der Waals surface area contributed by atoms with Crippen molar-refractivity contribution >= 4 is 17.5 Å². The van der Waals surface area contributed by atoms with Crippen molar-refractivity contribution < 1.29 is 19.1 Å². The molecule has 3 unspecified atom stereocenters. The lowest BCUT2D eigenvalue weighted by atomic mass is 9.77. The molecular formula is C11H12O4. The fraction of sp³-hybridized carbons (Fsp3) is 0.545. The van der Waals surface area contributed by atoms with Crippen LogP contribution in [0.1, 0.15) is 12.8 Å². The molecule has 80 valence electrons. The highest BCUT2D eigenvalue weighted by Gasteiger charge is 2.48. The highest BCUT2D eigenvalue weighted by atomic mass is 16.5. The normalized spacial score (nSPS) is 34.1. The minimum Gasteiger partial charge on any atom is -0.469 e. The Morgan fingerprint density at radius 1 is 1.40 bits per heavy atom. The third-order valence-corrected chi connectivity index (χ3v) is 3.16. The van der Waals surface area contributed by atoms with Crippen molar-refractivity contribution in [2.75, 3.05) is 7.11 Å². The number of ether oxygens (including phenoxy) is 1. The van der Waals surface area contributed by atoms with E-state index in [0.717, 1.165) is 0 Å². The summed E-state index contributed by atoms with van der Waals surface area (Å²) in [7, 11) is 1.29. The van der Waals surface area contributed by atoms with Crippen LogP contribution >= 0.6 is 0 Å². The average molecular weight is 208 g/mol. The number of allylic oxidation sites excluding steroid dienone is 1. The Morgan fingerprint density at radius 2 is 2.13 bits per heavy atom. The van der Waals surface area contributed by atoms with E-state index < -0.39 is 17.8 Å². The molecule has 0 aromatic heterocycles. The highest BCUT2D eigenvalue weighted by Crippen LogP contribution is 2.38. The van der Waals surface area contributed by atoms with Gasteiger partial charge in [-0.15, -0.1) is 0 Å². The second kappa shape index (κ2) is 3.61. The first-order valence-corrected chi connectivity index (χ1v) is 4.95. The summed E-state index contributed by atoms with van der Waals surface area (Å²) in [5, 5.41) is 0. The number of hydrogen-bond acceptors (Lipinski definition) is 4. The Hall–Kier alpha value is -1.45. The second-order valence-electron chi connectivity index (χ2n) is 3.95. The van der Waals surface area contributed by atoms with Gasteiger partial charge in [-0.25, -0.2) is 0 Å². The van der Waals surface area contributed by atoms with E-state index in [9.17, 15) is 14.4 Å². The molecule has 0 bridgehead atoms. The van der Waals surface area contributed by atoms with Crippen molar-refractivity contribution in [1.82, 2.24) is 0 Å². The van der Waals surface area contributed by atoms with Crippen LogP contribution in [0.5, 0.6) is 0 Å². The molecule has 0 spiro atoms. The first-order valence-electron chi connectivity index (χ1n) is 4.95. The lowest BCUT2D eigenvalue weighted by Crippen LogP contribution is -2.33. The van der Waals surface area contributed by atoms with Crippen molar-refractivity contribution in [3.05, 3.63) is 12.2 Å². The Balaban J connectivity index is 2.30. The van der Waals surface area contributed by atoms with E-state index in [1.54, 1.807) is 12.2 Å². The monoisotopic (exact) mass is 208 g/mol. The largest absolute Gasteiger partial charge is 0.469 e. The number of fused-ring (bicyclic) bond motifs is 1. The zero-order chi connectivity index (χ0) is 11.0. The van der Waals surface area contributed by atoms with Gasteiger partial charge in [0.05, 0.1) is 19.4 Å². The number of rotatable bonds is 1. The SMILES string of the molecule is COC(=O)C1C=CCC2C(=O)CC(=O)C12. The molecule has 2 aliphatic carbocycles. The number of carbonyl (C=O) groups is 3. The molecule has 2 aliphatic rings. The van der Waals surface area contributed by atoms with Gasteiger partial charge in [0.1, 0.15) is 11.6 Å². The minimum absolute atomic E-state index is 0.0233. The van der Waals surface area contributed by atoms with Gasteiger partial charge in [-0.05, 0) is 6.42 Å². The molecule has 3 atom stereocenters. The summed E-state index contributed by atoms with van der Waals surface area (Å²) in [5.41, 5.74) is 0. The van der Waals surface area contributed by atoms with Crippen LogP contribution in [0.25, 0.3) is 0 Å². The summed E-state index contributed by atoms with van der Waals surface area (Å²) in [4.78, 5) is 34.5. The summed E-state index contributed by atoms with van der Waals surface area (Å²) in [6, 6.07) is 0. The van der Waals surface area contributed by atoms with E-state index in [2.05, 4.69) is 4.74 Å². The van der Waals surface area contributed by atoms with Crippen LogP contribution in [-0.4, -0.2) is 24.6 Å². The van der Waals surface area contributed by atoms with Crippen LogP contribution in [0.4, 0.5) is 0 Å². The van der Waals surface area contributed by atoms with Gasteiger partial charge in [0, 0.05) is 11.8 Å². The summed E-state index contributed by atoms with van der Waals surface area (Å²) in [6.07, 6.45) is 4.02. The summed E-state index contributed by atoms with van der Waals surface area (Å²) >= 11 is 0. The molecule has 1 fully saturated rings. The topological polar surface area (TPSA) is 60.4 Å². The van der Waals surface area contributed by atoms with Crippen molar-refractivity contribution in [1.29, 1.82) is 0 Å². The van der Waals surface area contributed by atoms with Crippen LogP contribution in [-0.2, 0) is 19.1 Å². The van der Waals surface area contributed by atoms with E-state index in [-0.39, 0.29) is 23.9 Å². The van der Waals surface area contributed by atoms with Crippen molar-refractivity contribution in [2.24, 2.45) is 17.8 Å². The molecule has 0 saturated heterocycles. The molecule has 0 N–H and O–H groups in total. The number of Topliss-reactive ketones (excluding diaryl/α,β-unsaturated/α-hetero) is 2. The molecule has 4 heteroatoms. The number of methoxy groups -OCH3 is 1. The van der Waals surface area contributed by atoms with Crippen LogP contribution in [0, 0.1) is 17.8 Å². The maximum absolute atomic E-state index is 11.6. The first kappa shape index (κ1) is 10.1. The fourth-order valence-corrected chi connectivity index (χ4v) is 2.43. The Kier molecular flexibility index (Phi) is 2.42. The molecule has 0 radical (unpaired) electrons. The lowest BCUT2D eigenvalue weighted by molar-refractivity contribution is -0.148. The third-order valence-electron chi connectivity index (χ3n) is 3.16. The Labute approximate surface area is 87.3 Å². The molecule has 2 rings (SSSR count). The predicted octanol–water partition coefficient (Wildman–Crippen LogP) is 0.510. The summed E-state index contributed by atoms with van der Waals surface area (Å²) < 4.78 is 4.63. The number of esters is 1. The van der Waals surface area contributed by atoms with Crippen LogP contribution in [0.15, 0.2) is 12.2 Å². The van der Waals surface area contributed by atoms with Crippen LogP contribution in [0.3, 0.4) is 0 Å². The summed E-state index contributed by atoms with van der Waals surface area (Å²) in [6.45, 7) is 0. The van der Waals surface area contributed by atoms with Gasteiger partial charge in [0.2, 0.25) is 0 Å². The van der Waals surface area contributed by atoms with E-state index in [4.69, 9.17) is 0 Å². The highest BCUT2D eigenvalue weighted by molar-refractivity contribution is 6.10.